The molecule has 0 unspecified atom stereocenters. The fourth-order valence-corrected chi connectivity index (χ4v) is 5.36. The molecule has 1 aliphatic carbocycles. The summed E-state index contributed by atoms with van der Waals surface area (Å²) in [6.07, 6.45) is 6.25. The van der Waals surface area contributed by atoms with E-state index in [0.29, 0.717) is 10.7 Å². The van der Waals surface area contributed by atoms with E-state index in [1.807, 2.05) is 31.2 Å². The van der Waals surface area contributed by atoms with Crippen molar-refractivity contribution in [2.75, 3.05) is 17.1 Å². The van der Waals surface area contributed by atoms with Gasteiger partial charge >= 0.3 is 0 Å². The summed E-state index contributed by atoms with van der Waals surface area (Å²) >= 11 is 5.96. The smallest absolute Gasteiger partial charge is 0.244 e. The maximum absolute atomic E-state index is 13.6. The van der Waals surface area contributed by atoms with E-state index < -0.39 is 28.5 Å². The van der Waals surface area contributed by atoms with Crippen LogP contribution in [0, 0.1) is 6.92 Å². The lowest BCUT2D eigenvalue weighted by atomic mass is 9.95. The lowest BCUT2D eigenvalue weighted by Crippen LogP contribution is -2.52. The lowest BCUT2D eigenvalue weighted by molar-refractivity contribution is -0.139. The standard InChI is InChI=1S/C26H34ClN3O4S/c1-19-8-7-9-21(16-19)17-29(20(2)26(32)28-23-10-5-4-6-11-23)25(31)18-30(35(3,33)34)24-14-12-22(27)13-15-24/h7-9,12-16,20,23H,4-6,10-11,17-18H2,1-3H3,(H,28,32)/t20-/m1/s1. The van der Waals surface area contributed by atoms with Crippen molar-refractivity contribution in [1.82, 2.24) is 10.2 Å². The van der Waals surface area contributed by atoms with Gasteiger partial charge in [-0.15, -0.1) is 0 Å². The van der Waals surface area contributed by atoms with E-state index in [0.717, 1.165) is 47.4 Å². The number of benzene rings is 2. The van der Waals surface area contributed by atoms with E-state index in [-0.39, 0.29) is 18.5 Å². The van der Waals surface area contributed by atoms with Crippen LogP contribution in [0.15, 0.2) is 48.5 Å². The number of rotatable bonds is 9. The van der Waals surface area contributed by atoms with Crippen molar-refractivity contribution in [2.45, 2.75) is 64.6 Å². The van der Waals surface area contributed by atoms with Gasteiger partial charge in [-0.1, -0.05) is 60.7 Å². The van der Waals surface area contributed by atoms with Crippen LogP contribution in [0.3, 0.4) is 0 Å². The van der Waals surface area contributed by atoms with E-state index >= 15 is 0 Å². The van der Waals surface area contributed by atoms with Crippen LogP contribution in [0.2, 0.25) is 5.02 Å². The topological polar surface area (TPSA) is 86.8 Å². The number of anilines is 1. The van der Waals surface area contributed by atoms with Gasteiger partial charge in [0.25, 0.3) is 0 Å². The molecule has 0 bridgehead atoms. The van der Waals surface area contributed by atoms with Crippen LogP contribution in [-0.2, 0) is 26.2 Å². The average Bonchev–Trinajstić information content (AvgIpc) is 2.81. The highest BCUT2D eigenvalue weighted by Gasteiger charge is 2.31. The first-order chi connectivity index (χ1) is 16.5. The van der Waals surface area contributed by atoms with Crippen LogP contribution in [0.5, 0.6) is 0 Å². The molecular weight excluding hydrogens is 486 g/mol. The largest absolute Gasteiger partial charge is 0.352 e. The number of aryl methyl sites for hydroxylation is 1. The van der Waals surface area contributed by atoms with Crippen molar-refractivity contribution in [1.29, 1.82) is 0 Å². The number of amides is 2. The zero-order valence-corrected chi connectivity index (χ0v) is 22.1. The summed E-state index contributed by atoms with van der Waals surface area (Å²) in [6, 6.07) is 13.3. The normalized spacial score (nSPS) is 15.3. The first-order valence-electron chi connectivity index (χ1n) is 11.9. The molecule has 2 aromatic carbocycles. The fourth-order valence-electron chi connectivity index (χ4n) is 4.38. The molecule has 3 rings (SSSR count). The van der Waals surface area contributed by atoms with Crippen LogP contribution in [-0.4, -0.2) is 50.0 Å². The molecule has 35 heavy (non-hydrogen) atoms. The third-order valence-electron chi connectivity index (χ3n) is 6.35. The molecule has 7 nitrogen and oxygen atoms in total. The molecular formula is C26H34ClN3O4S. The van der Waals surface area contributed by atoms with Crippen LogP contribution in [0.1, 0.15) is 50.2 Å². The molecule has 9 heteroatoms. The SMILES string of the molecule is Cc1cccc(CN(C(=O)CN(c2ccc(Cl)cc2)S(C)(=O)=O)[C@H](C)C(=O)NC2CCCCC2)c1. The molecule has 190 valence electrons. The highest BCUT2D eigenvalue weighted by atomic mass is 35.5. The summed E-state index contributed by atoms with van der Waals surface area (Å²) in [7, 11) is -3.77. The Labute approximate surface area is 213 Å². The number of carbonyl (C=O) groups is 2. The molecule has 0 aromatic heterocycles. The minimum absolute atomic E-state index is 0.108. The summed E-state index contributed by atoms with van der Waals surface area (Å²) in [6.45, 7) is 3.42. The van der Waals surface area contributed by atoms with Gasteiger partial charge in [0.15, 0.2) is 0 Å². The molecule has 0 radical (unpaired) electrons. The molecule has 2 amide bonds. The Morgan fingerprint density at radius 2 is 1.74 bits per heavy atom. The minimum atomic E-state index is -3.77. The fraction of sp³-hybridized carbons (Fsp3) is 0.462. The third kappa shape index (κ3) is 7.70. The maximum atomic E-state index is 13.6. The van der Waals surface area contributed by atoms with E-state index in [1.165, 1.54) is 11.3 Å². The van der Waals surface area contributed by atoms with E-state index in [1.54, 1.807) is 31.2 Å². The Hall–Kier alpha value is -2.58. The Kier molecular flexibility index (Phi) is 9.19. The number of nitrogens with zero attached hydrogens (tertiary/aromatic N) is 2. The van der Waals surface area contributed by atoms with Gasteiger partial charge < -0.3 is 10.2 Å². The van der Waals surface area contributed by atoms with Gasteiger partial charge in [0, 0.05) is 17.6 Å². The van der Waals surface area contributed by atoms with E-state index in [9.17, 15) is 18.0 Å². The highest BCUT2D eigenvalue weighted by molar-refractivity contribution is 7.92. The van der Waals surface area contributed by atoms with Crippen molar-refractivity contribution >= 4 is 39.1 Å². The Morgan fingerprint density at radius 1 is 1.09 bits per heavy atom. The summed E-state index contributed by atoms with van der Waals surface area (Å²) in [5, 5.41) is 3.55. The third-order valence-corrected chi connectivity index (χ3v) is 7.74. The molecule has 1 fully saturated rings. The summed E-state index contributed by atoms with van der Waals surface area (Å²) in [4.78, 5) is 28.2. The number of sulfonamides is 1. The molecule has 0 spiro atoms. The summed E-state index contributed by atoms with van der Waals surface area (Å²) in [5.74, 6) is -0.687. The number of carbonyl (C=O) groups excluding carboxylic acids is 2. The van der Waals surface area contributed by atoms with Crippen molar-refractivity contribution < 1.29 is 18.0 Å². The maximum Gasteiger partial charge on any atom is 0.244 e. The number of halogens is 1. The lowest BCUT2D eigenvalue weighted by Gasteiger charge is -2.33. The minimum Gasteiger partial charge on any atom is -0.352 e. The Morgan fingerprint density at radius 3 is 2.34 bits per heavy atom. The molecule has 1 atom stereocenters. The quantitative estimate of drug-likeness (QED) is 0.535. The van der Waals surface area contributed by atoms with E-state index in [2.05, 4.69) is 5.32 Å². The van der Waals surface area contributed by atoms with Gasteiger partial charge in [0.2, 0.25) is 21.8 Å². The second-order valence-electron chi connectivity index (χ2n) is 9.28. The average molecular weight is 520 g/mol. The summed E-state index contributed by atoms with van der Waals surface area (Å²) in [5.41, 5.74) is 2.24. The van der Waals surface area contributed by atoms with Gasteiger partial charge in [0.1, 0.15) is 12.6 Å². The highest BCUT2D eigenvalue weighted by Crippen LogP contribution is 2.22. The van der Waals surface area contributed by atoms with Crippen molar-refractivity contribution in [3.05, 3.63) is 64.7 Å². The number of hydrogen-bond donors (Lipinski definition) is 1. The number of nitrogens with one attached hydrogen (secondary N) is 1. The monoisotopic (exact) mass is 519 g/mol. The van der Waals surface area contributed by atoms with E-state index in [4.69, 9.17) is 11.6 Å². The van der Waals surface area contributed by atoms with Gasteiger partial charge in [-0.25, -0.2) is 8.42 Å². The predicted molar refractivity (Wildman–Crippen MR) is 140 cm³/mol. The molecule has 0 saturated heterocycles. The predicted octanol–water partition coefficient (Wildman–Crippen LogP) is 4.28. The van der Waals surface area contributed by atoms with Crippen LogP contribution >= 0.6 is 11.6 Å². The van der Waals surface area contributed by atoms with Crippen molar-refractivity contribution in [2.24, 2.45) is 0 Å². The Balaban J connectivity index is 1.86. The molecule has 1 saturated carbocycles. The first-order valence-corrected chi connectivity index (χ1v) is 14.2. The summed E-state index contributed by atoms with van der Waals surface area (Å²) < 4.78 is 26.2. The van der Waals surface area contributed by atoms with Crippen molar-refractivity contribution in [3.63, 3.8) is 0 Å². The number of hydrogen-bond acceptors (Lipinski definition) is 4. The first kappa shape index (κ1) is 27.0. The zero-order chi connectivity index (χ0) is 25.6. The zero-order valence-electron chi connectivity index (χ0n) is 20.5. The van der Waals surface area contributed by atoms with Crippen LogP contribution in [0.4, 0.5) is 5.69 Å². The van der Waals surface area contributed by atoms with Crippen LogP contribution < -0.4 is 9.62 Å². The molecule has 2 aromatic rings. The van der Waals surface area contributed by atoms with Gasteiger partial charge in [-0.05, 0) is 56.5 Å². The van der Waals surface area contributed by atoms with Gasteiger partial charge in [-0.3, -0.25) is 13.9 Å². The van der Waals surface area contributed by atoms with Gasteiger partial charge in [-0.2, -0.15) is 0 Å². The molecule has 0 aliphatic heterocycles. The van der Waals surface area contributed by atoms with Crippen LogP contribution in [0.25, 0.3) is 0 Å². The second-order valence-corrected chi connectivity index (χ2v) is 11.6. The van der Waals surface area contributed by atoms with Crippen molar-refractivity contribution in [3.8, 4) is 0 Å². The van der Waals surface area contributed by atoms with Gasteiger partial charge in [0.05, 0.1) is 11.9 Å². The molecule has 1 aliphatic rings. The second kappa shape index (κ2) is 11.9. The molecule has 1 N–H and O–H groups in total. The Bertz CT molecular complexity index is 1130. The molecule has 0 heterocycles.